The molecule has 0 amide bonds. The standard InChI is InChI=1S/C23H28O4.C2H6/c1-15-2-5-17(23-13-19(25)12-22(14-24)27-23)11-18(15)10-16-3-6-20(7-4-16)26-21-8-9-21;1-2/h2-7,11,19,21-25H,8-10,12-14H2,1H3;1-2H3. The molecule has 29 heavy (non-hydrogen) atoms. The van der Waals surface area contributed by atoms with E-state index in [0.717, 1.165) is 17.7 Å². The normalized spacial score (nSPS) is 23.8. The quantitative estimate of drug-likeness (QED) is 0.739. The lowest BCUT2D eigenvalue weighted by atomic mass is 9.92. The molecule has 1 aliphatic heterocycles. The molecule has 0 spiro atoms. The number of ether oxygens (including phenoxy) is 2. The molecular formula is C25H34O4. The van der Waals surface area contributed by atoms with E-state index in [1.807, 2.05) is 13.8 Å². The van der Waals surface area contributed by atoms with E-state index in [9.17, 15) is 10.2 Å². The molecule has 1 saturated heterocycles. The second kappa shape index (κ2) is 10.2. The zero-order chi connectivity index (χ0) is 20.8. The van der Waals surface area contributed by atoms with Gasteiger partial charge in [-0.15, -0.1) is 0 Å². The first kappa shape index (κ1) is 21.8. The summed E-state index contributed by atoms with van der Waals surface area (Å²) in [7, 11) is 0. The van der Waals surface area contributed by atoms with Crippen LogP contribution in [0.25, 0.3) is 0 Å². The molecule has 4 rings (SSSR count). The maximum absolute atomic E-state index is 10.1. The van der Waals surface area contributed by atoms with E-state index in [4.69, 9.17) is 9.47 Å². The minimum Gasteiger partial charge on any atom is -0.490 e. The van der Waals surface area contributed by atoms with Gasteiger partial charge < -0.3 is 19.7 Å². The number of aryl methyl sites for hydroxylation is 1. The zero-order valence-electron chi connectivity index (χ0n) is 17.8. The fourth-order valence-corrected chi connectivity index (χ4v) is 3.69. The Hall–Kier alpha value is -1.88. The Kier molecular flexibility index (Phi) is 7.70. The van der Waals surface area contributed by atoms with Crippen molar-refractivity contribution in [3.63, 3.8) is 0 Å². The predicted octanol–water partition coefficient (Wildman–Crippen LogP) is 4.73. The maximum atomic E-state index is 10.1. The number of aliphatic hydroxyl groups is 2. The van der Waals surface area contributed by atoms with Crippen LogP contribution >= 0.6 is 0 Å². The van der Waals surface area contributed by atoms with Crippen LogP contribution in [0.4, 0.5) is 0 Å². The van der Waals surface area contributed by atoms with Crippen molar-refractivity contribution in [3.05, 3.63) is 64.7 Å². The van der Waals surface area contributed by atoms with Gasteiger partial charge in [0.15, 0.2) is 0 Å². The van der Waals surface area contributed by atoms with Crippen LogP contribution in [0.5, 0.6) is 5.75 Å². The molecule has 2 aromatic carbocycles. The van der Waals surface area contributed by atoms with Gasteiger partial charge in [-0.25, -0.2) is 0 Å². The summed E-state index contributed by atoms with van der Waals surface area (Å²) in [6.45, 7) is 6.07. The summed E-state index contributed by atoms with van der Waals surface area (Å²) >= 11 is 0. The molecule has 0 bridgehead atoms. The van der Waals surface area contributed by atoms with Crippen LogP contribution in [-0.4, -0.2) is 35.1 Å². The van der Waals surface area contributed by atoms with Crippen molar-refractivity contribution in [1.82, 2.24) is 0 Å². The lowest BCUT2D eigenvalue weighted by molar-refractivity contribution is -0.113. The smallest absolute Gasteiger partial charge is 0.119 e. The molecule has 1 heterocycles. The molecule has 2 aromatic rings. The first-order valence-corrected chi connectivity index (χ1v) is 10.9. The first-order valence-electron chi connectivity index (χ1n) is 10.9. The third-order valence-corrected chi connectivity index (χ3v) is 5.47. The Labute approximate surface area is 174 Å². The van der Waals surface area contributed by atoms with Crippen molar-refractivity contribution >= 4 is 0 Å². The van der Waals surface area contributed by atoms with Gasteiger partial charge >= 0.3 is 0 Å². The number of hydrogen-bond acceptors (Lipinski definition) is 4. The van der Waals surface area contributed by atoms with Crippen LogP contribution < -0.4 is 4.74 Å². The van der Waals surface area contributed by atoms with Gasteiger partial charge in [0, 0.05) is 12.8 Å². The lowest BCUT2D eigenvalue weighted by Crippen LogP contribution is -2.33. The first-order chi connectivity index (χ1) is 14.1. The highest BCUT2D eigenvalue weighted by Gasteiger charge is 2.29. The van der Waals surface area contributed by atoms with Gasteiger partial charge in [0.25, 0.3) is 0 Å². The van der Waals surface area contributed by atoms with Crippen molar-refractivity contribution in [2.75, 3.05) is 6.61 Å². The van der Waals surface area contributed by atoms with Gasteiger partial charge in [-0.1, -0.05) is 44.2 Å². The van der Waals surface area contributed by atoms with E-state index in [2.05, 4.69) is 49.4 Å². The van der Waals surface area contributed by atoms with Crippen LogP contribution in [0.1, 0.15) is 67.9 Å². The van der Waals surface area contributed by atoms with Gasteiger partial charge in [-0.05, 0) is 60.6 Å². The summed E-state index contributed by atoms with van der Waals surface area (Å²) in [4.78, 5) is 0. The molecule has 2 fully saturated rings. The third-order valence-electron chi connectivity index (χ3n) is 5.47. The SMILES string of the molecule is CC.Cc1ccc(C2CC(O)CC(CO)O2)cc1Cc1ccc(OC2CC2)cc1. The Morgan fingerprint density at radius 2 is 1.76 bits per heavy atom. The average molecular weight is 399 g/mol. The van der Waals surface area contributed by atoms with Gasteiger partial charge in [-0.3, -0.25) is 0 Å². The highest BCUT2D eigenvalue weighted by molar-refractivity contribution is 5.38. The molecule has 1 aliphatic carbocycles. The Balaban J connectivity index is 0.00000117. The molecule has 0 radical (unpaired) electrons. The molecule has 2 N–H and O–H groups in total. The van der Waals surface area contributed by atoms with Crippen LogP contribution in [-0.2, 0) is 11.2 Å². The second-order valence-electron chi connectivity index (χ2n) is 7.88. The molecule has 1 saturated carbocycles. The molecule has 2 aliphatic rings. The van der Waals surface area contributed by atoms with Crippen molar-refractivity contribution in [3.8, 4) is 5.75 Å². The number of benzene rings is 2. The van der Waals surface area contributed by atoms with Gasteiger partial charge in [0.2, 0.25) is 0 Å². The summed E-state index contributed by atoms with van der Waals surface area (Å²) in [6.07, 6.45) is 3.80. The maximum Gasteiger partial charge on any atom is 0.119 e. The Morgan fingerprint density at radius 3 is 2.41 bits per heavy atom. The highest BCUT2D eigenvalue weighted by atomic mass is 16.5. The van der Waals surface area contributed by atoms with Crippen molar-refractivity contribution in [2.45, 2.75) is 77.3 Å². The molecule has 4 heteroatoms. The summed E-state index contributed by atoms with van der Waals surface area (Å²) < 4.78 is 11.8. The zero-order valence-corrected chi connectivity index (χ0v) is 17.8. The van der Waals surface area contributed by atoms with Crippen molar-refractivity contribution in [2.24, 2.45) is 0 Å². The number of rotatable bonds is 6. The fourth-order valence-electron chi connectivity index (χ4n) is 3.69. The predicted molar refractivity (Wildman–Crippen MR) is 115 cm³/mol. The minimum absolute atomic E-state index is 0.0540. The molecule has 0 aromatic heterocycles. The number of hydrogen-bond donors (Lipinski definition) is 2. The Bertz CT molecular complexity index is 767. The summed E-state index contributed by atoms with van der Waals surface area (Å²) in [5.74, 6) is 0.950. The Morgan fingerprint density at radius 1 is 1.03 bits per heavy atom. The fraction of sp³-hybridized carbons (Fsp3) is 0.520. The van der Waals surface area contributed by atoms with E-state index in [1.165, 1.54) is 29.5 Å². The van der Waals surface area contributed by atoms with Gasteiger partial charge in [-0.2, -0.15) is 0 Å². The second-order valence-corrected chi connectivity index (χ2v) is 7.88. The number of aliphatic hydroxyl groups excluding tert-OH is 2. The summed E-state index contributed by atoms with van der Waals surface area (Å²) in [5, 5.41) is 19.5. The molecule has 3 unspecified atom stereocenters. The van der Waals surface area contributed by atoms with Crippen LogP contribution in [0.2, 0.25) is 0 Å². The van der Waals surface area contributed by atoms with Crippen LogP contribution in [0.15, 0.2) is 42.5 Å². The van der Waals surface area contributed by atoms with Crippen molar-refractivity contribution in [1.29, 1.82) is 0 Å². The molecular weight excluding hydrogens is 364 g/mol. The molecule has 158 valence electrons. The van der Waals surface area contributed by atoms with Gasteiger partial charge in [0.1, 0.15) is 5.75 Å². The molecule has 4 nitrogen and oxygen atoms in total. The van der Waals surface area contributed by atoms with Crippen LogP contribution in [0, 0.1) is 6.92 Å². The largest absolute Gasteiger partial charge is 0.490 e. The summed E-state index contributed by atoms with van der Waals surface area (Å²) in [6, 6.07) is 14.7. The highest BCUT2D eigenvalue weighted by Crippen LogP contribution is 2.33. The average Bonchev–Trinajstić information content (AvgIpc) is 3.56. The third kappa shape index (κ3) is 6.05. The monoisotopic (exact) mass is 398 g/mol. The van der Waals surface area contributed by atoms with Crippen LogP contribution in [0.3, 0.4) is 0 Å². The van der Waals surface area contributed by atoms with E-state index in [-0.39, 0.29) is 18.8 Å². The van der Waals surface area contributed by atoms with E-state index >= 15 is 0 Å². The lowest BCUT2D eigenvalue weighted by Gasteiger charge is -2.32. The van der Waals surface area contributed by atoms with E-state index in [0.29, 0.717) is 18.9 Å². The molecule has 3 atom stereocenters. The summed E-state index contributed by atoms with van der Waals surface area (Å²) in [5.41, 5.74) is 4.82. The minimum atomic E-state index is -0.426. The topological polar surface area (TPSA) is 58.9 Å². The van der Waals surface area contributed by atoms with Crippen molar-refractivity contribution < 1.29 is 19.7 Å². The van der Waals surface area contributed by atoms with E-state index < -0.39 is 6.10 Å². The van der Waals surface area contributed by atoms with Gasteiger partial charge in [0.05, 0.1) is 31.0 Å². The van der Waals surface area contributed by atoms with E-state index in [1.54, 1.807) is 0 Å².